The first-order chi connectivity index (χ1) is 17.3. The van der Waals surface area contributed by atoms with Crippen molar-refractivity contribution in [3.05, 3.63) is 80.6 Å². The molecule has 2 amide bonds. The first kappa shape index (κ1) is 26.2. The third-order valence-electron chi connectivity index (χ3n) is 4.33. The van der Waals surface area contributed by atoms with Gasteiger partial charge >= 0.3 is 6.09 Å². The van der Waals surface area contributed by atoms with Gasteiger partial charge in [-0.3, -0.25) is 20.3 Å². The summed E-state index contributed by atoms with van der Waals surface area (Å²) in [7, 11) is 0. The highest BCUT2D eigenvalue weighted by Gasteiger charge is 2.16. The summed E-state index contributed by atoms with van der Waals surface area (Å²) < 4.78 is 11.5. The molecule has 0 aliphatic carbocycles. The third-order valence-corrected chi connectivity index (χ3v) is 4.89. The zero-order valence-electron chi connectivity index (χ0n) is 18.7. The fourth-order valence-electron chi connectivity index (χ4n) is 2.75. The molecule has 0 atom stereocenters. The molecule has 0 bridgehead atoms. The molecule has 0 radical (unpaired) electrons. The van der Waals surface area contributed by atoms with Crippen molar-refractivity contribution < 1.29 is 19.1 Å². The van der Waals surface area contributed by atoms with E-state index in [-0.39, 0.29) is 46.1 Å². The summed E-state index contributed by atoms with van der Waals surface area (Å²) in [6.45, 7) is 1.85. The van der Waals surface area contributed by atoms with E-state index in [4.69, 9.17) is 33.2 Å². The van der Waals surface area contributed by atoms with Gasteiger partial charge in [-0.2, -0.15) is 10.4 Å². The Morgan fingerprint density at radius 1 is 1.14 bits per heavy atom. The zero-order chi connectivity index (χ0) is 26.1. The molecule has 13 heteroatoms. The van der Waals surface area contributed by atoms with Crippen molar-refractivity contribution in [1.82, 2.24) is 15.1 Å². The number of hydrogen-bond acceptors (Lipinski definition) is 9. The normalized spacial score (nSPS) is 10.8. The minimum Gasteiger partial charge on any atom is -0.450 e. The van der Waals surface area contributed by atoms with E-state index in [9.17, 15) is 14.4 Å². The number of nitriles is 1. The van der Waals surface area contributed by atoms with Crippen LogP contribution < -0.4 is 21.0 Å². The number of anilines is 1. The number of benzene rings is 2. The monoisotopic (exact) mass is 528 g/mol. The number of halogens is 2. The molecule has 3 rings (SSSR count). The van der Waals surface area contributed by atoms with E-state index in [1.54, 1.807) is 13.0 Å². The molecular weight excluding hydrogens is 511 g/mol. The van der Waals surface area contributed by atoms with Crippen LogP contribution in [0.2, 0.25) is 10.0 Å². The Morgan fingerprint density at radius 2 is 1.83 bits per heavy atom. The lowest BCUT2D eigenvalue weighted by molar-refractivity contribution is -0.114. The Labute approximate surface area is 214 Å². The van der Waals surface area contributed by atoms with Crippen LogP contribution in [0.3, 0.4) is 0 Å². The first-order valence-electron chi connectivity index (χ1n) is 10.3. The Morgan fingerprint density at radius 3 is 2.47 bits per heavy atom. The largest absolute Gasteiger partial charge is 0.450 e. The molecule has 0 spiro atoms. The van der Waals surface area contributed by atoms with Crippen molar-refractivity contribution in [2.75, 3.05) is 12.0 Å². The van der Waals surface area contributed by atoms with E-state index in [0.717, 1.165) is 5.56 Å². The van der Waals surface area contributed by atoms with Crippen molar-refractivity contribution in [3.63, 3.8) is 0 Å². The number of nitrogens with one attached hydrogen (secondary N) is 2. The molecule has 1 heterocycles. The van der Waals surface area contributed by atoms with Crippen LogP contribution in [0.15, 0.2) is 64.5 Å². The fourth-order valence-corrected chi connectivity index (χ4v) is 3.31. The number of hydrogen-bond donors (Lipinski definition) is 2. The number of nitrogens with zero attached hydrogens (tertiary/aromatic N) is 4. The summed E-state index contributed by atoms with van der Waals surface area (Å²) in [6, 6.07) is 16.3. The second kappa shape index (κ2) is 12.3. The van der Waals surface area contributed by atoms with Crippen molar-refractivity contribution >= 4 is 46.6 Å². The molecule has 0 saturated carbocycles. The zero-order valence-corrected chi connectivity index (χ0v) is 20.2. The number of carbonyl (C=O) groups excluding carboxylic acids is 2. The van der Waals surface area contributed by atoms with Crippen LogP contribution in [-0.2, 0) is 16.1 Å². The molecule has 0 aliphatic heterocycles. The number of amides is 2. The van der Waals surface area contributed by atoms with Gasteiger partial charge in [-0.05, 0) is 24.6 Å². The maximum atomic E-state index is 12.2. The number of aromatic nitrogens is 2. The Kier molecular flexibility index (Phi) is 8.99. The second-order valence-corrected chi connectivity index (χ2v) is 7.70. The van der Waals surface area contributed by atoms with Gasteiger partial charge < -0.3 is 9.47 Å². The SMILES string of the molecule is CCOC(=O)NC(=O)C(C#N)=NNc1cc(Cl)c(Oc2ccc(=O)n(Cc3ccccc3)n2)c(Cl)c1. The van der Waals surface area contributed by atoms with Crippen LogP contribution in [-0.4, -0.2) is 34.1 Å². The smallest absolute Gasteiger partial charge is 0.414 e. The molecule has 0 unspecified atom stereocenters. The maximum absolute atomic E-state index is 12.2. The minimum atomic E-state index is -1.06. The average Bonchev–Trinajstić information content (AvgIpc) is 2.84. The van der Waals surface area contributed by atoms with E-state index in [0.29, 0.717) is 0 Å². The van der Waals surface area contributed by atoms with Gasteiger partial charge in [-0.25, -0.2) is 9.48 Å². The molecule has 2 N–H and O–H groups in total. The van der Waals surface area contributed by atoms with Crippen LogP contribution in [0.1, 0.15) is 12.5 Å². The van der Waals surface area contributed by atoms with Gasteiger partial charge in [0.15, 0.2) is 5.75 Å². The molecular formula is C23H18Cl2N6O5. The minimum absolute atomic E-state index is 0.0470. The van der Waals surface area contributed by atoms with Crippen LogP contribution in [0.4, 0.5) is 10.5 Å². The van der Waals surface area contributed by atoms with Gasteiger partial charge in [0, 0.05) is 12.1 Å². The number of carbonyl (C=O) groups is 2. The molecule has 0 aliphatic rings. The number of alkyl carbamates (subject to hydrolysis) is 1. The Hall–Kier alpha value is -4.40. The van der Waals surface area contributed by atoms with Gasteiger partial charge in [0.25, 0.3) is 11.5 Å². The third kappa shape index (κ3) is 7.05. The summed E-state index contributed by atoms with van der Waals surface area (Å²) in [5.41, 5.74) is 2.61. The van der Waals surface area contributed by atoms with E-state index in [1.807, 2.05) is 35.6 Å². The second-order valence-electron chi connectivity index (χ2n) is 6.88. The van der Waals surface area contributed by atoms with E-state index >= 15 is 0 Å². The highest BCUT2D eigenvalue weighted by atomic mass is 35.5. The van der Waals surface area contributed by atoms with Gasteiger partial charge in [-0.15, -0.1) is 5.10 Å². The van der Waals surface area contributed by atoms with Crippen molar-refractivity contribution in [3.8, 4) is 17.7 Å². The quantitative estimate of drug-likeness (QED) is 0.329. The number of rotatable bonds is 8. The molecule has 0 fully saturated rings. The van der Waals surface area contributed by atoms with Gasteiger partial charge in [0.1, 0.15) is 6.07 Å². The number of ether oxygens (including phenoxy) is 2. The lowest BCUT2D eigenvalue weighted by Gasteiger charge is -2.12. The summed E-state index contributed by atoms with van der Waals surface area (Å²) in [5.74, 6) is -0.918. The molecule has 0 saturated heterocycles. The topological polar surface area (TPSA) is 148 Å². The molecule has 2 aromatic carbocycles. The van der Waals surface area contributed by atoms with E-state index in [2.05, 4.69) is 20.4 Å². The highest BCUT2D eigenvalue weighted by Crippen LogP contribution is 2.38. The molecule has 184 valence electrons. The number of imide groups is 1. The van der Waals surface area contributed by atoms with Gasteiger partial charge in [-0.1, -0.05) is 53.5 Å². The van der Waals surface area contributed by atoms with Crippen molar-refractivity contribution in [2.45, 2.75) is 13.5 Å². The number of hydrazone groups is 1. The van der Waals surface area contributed by atoms with Gasteiger partial charge in [0.2, 0.25) is 11.6 Å². The first-order valence-corrected chi connectivity index (χ1v) is 11.1. The Bertz CT molecular complexity index is 1380. The molecule has 1 aromatic heterocycles. The van der Waals surface area contributed by atoms with E-state index < -0.39 is 17.7 Å². The summed E-state index contributed by atoms with van der Waals surface area (Å²) >= 11 is 12.6. The van der Waals surface area contributed by atoms with Crippen LogP contribution in [0.25, 0.3) is 0 Å². The Balaban J connectivity index is 1.75. The van der Waals surface area contributed by atoms with Crippen molar-refractivity contribution in [2.24, 2.45) is 5.10 Å². The fraction of sp³-hybridized carbons (Fsp3) is 0.130. The van der Waals surface area contributed by atoms with Crippen LogP contribution in [0, 0.1) is 11.3 Å². The predicted molar refractivity (Wildman–Crippen MR) is 132 cm³/mol. The maximum Gasteiger partial charge on any atom is 0.414 e. The molecule has 3 aromatic rings. The molecule has 36 heavy (non-hydrogen) atoms. The predicted octanol–water partition coefficient (Wildman–Crippen LogP) is 3.95. The summed E-state index contributed by atoms with van der Waals surface area (Å²) in [6.07, 6.45) is -1.01. The summed E-state index contributed by atoms with van der Waals surface area (Å²) in [4.78, 5) is 35.5. The molecule has 11 nitrogen and oxygen atoms in total. The average molecular weight is 529 g/mol. The highest BCUT2D eigenvalue weighted by molar-refractivity contribution is 6.47. The van der Waals surface area contributed by atoms with E-state index in [1.165, 1.54) is 28.9 Å². The lowest BCUT2D eigenvalue weighted by Crippen LogP contribution is -2.36. The standard InChI is InChI=1S/C23H18Cl2N6O5/c1-2-35-23(34)27-22(33)18(12-26)29-28-15-10-16(24)21(17(25)11-15)36-19-8-9-20(32)31(30-19)13-14-6-4-3-5-7-14/h3-11,28H,2,13H2,1H3,(H,27,33,34). The lowest BCUT2D eigenvalue weighted by atomic mass is 10.2. The van der Waals surface area contributed by atoms with Crippen LogP contribution >= 0.6 is 23.2 Å². The van der Waals surface area contributed by atoms with Crippen molar-refractivity contribution in [1.29, 1.82) is 5.26 Å². The van der Waals surface area contributed by atoms with Crippen LogP contribution in [0.5, 0.6) is 11.6 Å². The summed E-state index contributed by atoms with van der Waals surface area (Å²) in [5, 5.41) is 19.0. The van der Waals surface area contributed by atoms with Gasteiger partial charge in [0.05, 0.1) is 28.9 Å².